The Hall–Kier alpha value is -2.13. The number of ether oxygens (including phenoxy) is 3. The molecule has 0 rings (SSSR count). The lowest BCUT2D eigenvalue weighted by atomic mass is 9.86. The van der Waals surface area contributed by atoms with E-state index in [1.165, 1.54) is 13.8 Å². The first-order valence-electron chi connectivity index (χ1n) is 10.1. The number of carbonyl (C=O) groups excluding carboxylic acids is 3. The Bertz CT molecular complexity index is 675. The highest BCUT2D eigenvalue weighted by Crippen LogP contribution is 2.39. The van der Waals surface area contributed by atoms with Crippen molar-refractivity contribution in [2.75, 3.05) is 19.8 Å². The largest absolute Gasteiger partial charge is 0.461 e. The normalized spacial score (nSPS) is 13.4. The zero-order valence-electron chi connectivity index (χ0n) is 20.0. The highest BCUT2D eigenvalue weighted by Gasteiger charge is 2.54. The molecule has 0 unspecified atom stereocenters. The molecule has 0 aliphatic heterocycles. The van der Waals surface area contributed by atoms with Crippen LogP contribution in [0.5, 0.6) is 0 Å². The molecule has 0 N–H and O–H groups in total. The summed E-state index contributed by atoms with van der Waals surface area (Å²) in [5.74, 6) is -12.2. The van der Waals surface area contributed by atoms with Crippen molar-refractivity contribution in [3.8, 4) is 0 Å². The van der Waals surface area contributed by atoms with Crippen LogP contribution in [-0.4, -0.2) is 49.6 Å². The van der Waals surface area contributed by atoms with E-state index in [1.54, 1.807) is 0 Å². The quantitative estimate of drug-likeness (QED) is 0.195. The van der Waals surface area contributed by atoms with Crippen LogP contribution in [0.15, 0.2) is 12.2 Å². The van der Waals surface area contributed by atoms with Gasteiger partial charge in [0.25, 0.3) is 0 Å². The Labute approximate surface area is 186 Å². The summed E-state index contributed by atoms with van der Waals surface area (Å²) in [4.78, 5) is 35.8. The number of halogens is 4. The second-order valence-corrected chi connectivity index (χ2v) is 10.0. The monoisotopic (exact) mass is 470 g/mol. The van der Waals surface area contributed by atoms with Crippen LogP contribution in [0.3, 0.4) is 0 Å². The van der Waals surface area contributed by atoms with E-state index in [-0.39, 0.29) is 12.0 Å². The lowest BCUT2D eigenvalue weighted by Crippen LogP contribution is -2.48. The van der Waals surface area contributed by atoms with Crippen molar-refractivity contribution < 1.29 is 46.2 Å². The van der Waals surface area contributed by atoms with E-state index in [9.17, 15) is 31.9 Å². The molecule has 0 saturated carbocycles. The number of hydrogen-bond donors (Lipinski definition) is 0. The summed E-state index contributed by atoms with van der Waals surface area (Å²) in [5, 5.41) is 0. The van der Waals surface area contributed by atoms with Crippen molar-refractivity contribution in [3.05, 3.63) is 12.2 Å². The fraction of sp³-hybridized carbons (Fsp3) is 0.773. The Morgan fingerprint density at radius 1 is 0.719 bits per heavy atom. The van der Waals surface area contributed by atoms with Crippen LogP contribution < -0.4 is 0 Å². The van der Waals surface area contributed by atoms with E-state index in [2.05, 4.69) is 6.58 Å². The average molecular weight is 471 g/mol. The van der Waals surface area contributed by atoms with Gasteiger partial charge >= 0.3 is 29.8 Å². The summed E-state index contributed by atoms with van der Waals surface area (Å²) in [6, 6.07) is 0. The van der Waals surface area contributed by atoms with Gasteiger partial charge in [-0.25, -0.2) is 14.4 Å². The standard InChI is InChI=1S/C22H34F4O6/c1-10-20(11-30-15(27)14(2)3,12-31-16(28)21(23,24)18(4,5)6)13-32-17(29)22(25,26)19(7,8)9/h2,10-13H2,1,3-9H3. The molecule has 0 amide bonds. The number of rotatable bonds is 10. The third-order valence-corrected chi connectivity index (χ3v) is 5.02. The van der Waals surface area contributed by atoms with Crippen LogP contribution in [0, 0.1) is 16.2 Å². The molecule has 0 aromatic heterocycles. The van der Waals surface area contributed by atoms with Crippen LogP contribution in [0.4, 0.5) is 17.6 Å². The third-order valence-electron chi connectivity index (χ3n) is 5.02. The van der Waals surface area contributed by atoms with Crippen molar-refractivity contribution >= 4 is 17.9 Å². The molecule has 0 aliphatic rings. The van der Waals surface area contributed by atoms with Gasteiger partial charge in [-0.15, -0.1) is 0 Å². The van der Waals surface area contributed by atoms with Gasteiger partial charge in [0, 0.05) is 16.4 Å². The molecule has 0 heterocycles. The SMILES string of the molecule is C=C(C)C(=O)OCC(CC)(COC(=O)C(F)(F)C(C)(C)C)COC(=O)C(F)(F)C(C)(C)C. The number of esters is 3. The summed E-state index contributed by atoms with van der Waals surface area (Å²) < 4.78 is 71.7. The van der Waals surface area contributed by atoms with Gasteiger partial charge in [0.1, 0.15) is 19.8 Å². The van der Waals surface area contributed by atoms with Crippen molar-refractivity contribution in [2.24, 2.45) is 16.2 Å². The van der Waals surface area contributed by atoms with Crippen molar-refractivity contribution in [1.29, 1.82) is 0 Å². The predicted molar refractivity (Wildman–Crippen MR) is 109 cm³/mol. The van der Waals surface area contributed by atoms with Gasteiger partial charge in [0.2, 0.25) is 0 Å². The smallest absolute Gasteiger partial charge is 0.377 e. The molecule has 0 atom stereocenters. The minimum absolute atomic E-state index is 0.0147. The first-order valence-corrected chi connectivity index (χ1v) is 10.1. The second kappa shape index (κ2) is 10.2. The van der Waals surface area contributed by atoms with Gasteiger partial charge in [-0.1, -0.05) is 55.0 Å². The molecule has 0 aliphatic carbocycles. The summed E-state index contributed by atoms with van der Waals surface area (Å²) in [6.07, 6.45) is -0.0147. The van der Waals surface area contributed by atoms with E-state index in [4.69, 9.17) is 14.2 Å². The summed E-state index contributed by atoms with van der Waals surface area (Å²) in [6.45, 7) is 11.1. The molecule has 0 spiro atoms. The molecule has 10 heteroatoms. The van der Waals surface area contributed by atoms with Crippen LogP contribution in [0.25, 0.3) is 0 Å². The van der Waals surface area contributed by atoms with Gasteiger partial charge in [-0.3, -0.25) is 0 Å². The van der Waals surface area contributed by atoms with E-state index in [0.717, 1.165) is 41.5 Å². The van der Waals surface area contributed by atoms with Crippen molar-refractivity contribution in [3.63, 3.8) is 0 Å². The fourth-order valence-corrected chi connectivity index (χ4v) is 2.00. The fourth-order valence-electron chi connectivity index (χ4n) is 2.00. The number of hydrogen-bond acceptors (Lipinski definition) is 6. The first kappa shape index (κ1) is 29.9. The van der Waals surface area contributed by atoms with Gasteiger partial charge in [-0.05, 0) is 13.3 Å². The maximum absolute atomic E-state index is 14.3. The minimum atomic E-state index is -3.85. The Kier molecular flexibility index (Phi) is 9.53. The lowest BCUT2D eigenvalue weighted by molar-refractivity contribution is -0.201. The lowest BCUT2D eigenvalue weighted by Gasteiger charge is -2.34. The molecule has 186 valence electrons. The summed E-state index contributed by atoms with van der Waals surface area (Å²) in [7, 11) is 0. The molecule has 32 heavy (non-hydrogen) atoms. The van der Waals surface area contributed by atoms with Gasteiger partial charge in [0.05, 0.1) is 5.41 Å². The summed E-state index contributed by atoms with van der Waals surface area (Å²) >= 11 is 0. The van der Waals surface area contributed by atoms with Crippen molar-refractivity contribution in [1.82, 2.24) is 0 Å². The summed E-state index contributed by atoms with van der Waals surface area (Å²) in [5.41, 5.74) is -4.99. The number of alkyl halides is 4. The highest BCUT2D eigenvalue weighted by molar-refractivity contribution is 5.87. The van der Waals surface area contributed by atoms with Gasteiger partial charge < -0.3 is 14.2 Å². The Morgan fingerprint density at radius 3 is 1.28 bits per heavy atom. The van der Waals surface area contributed by atoms with E-state index < -0.39 is 65.8 Å². The Morgan fingerprint density at radius 2 is 1.03 bits per heavy atom. The highest BCUT2D eigenvalue weighted by atomic mass is 19.3. The molecule has 0 fully saturated rings. The second-order valence-electron chi connectivity index (χ2n) is 10.0. The third kappa shape index (κ3) is 7.20. The molecule has 0 aromatic rings. The molecule has 0 radical (unpaired) electrons. The van der Waals surface area contributed by atoms with Crippen LogP contribution in [-0.2, 0) is 28.6 Å². The van der Waals surface area contributed by atoms with Crippen LogP contribution in [0.2, 0.25) is 0 Å². The molecular weight excluding hydrogens is 436 g/mol. The minimum Gasteiger partial charge on any atom is -0.461 e. The maximum atomic E-state index is 14.3. The van der Waals surface area contributed by atoms with Crippen LogP contribution in [0.1, 0.15) is 61.8 Å². The molecule has 6 nitrogen and oxygen atoms in total. The van der Waals surface area contributed by atoms with Gasteiger partial charge in [0.15, 0.2) is 0 Å². The van der Waals surface area contributed by atoms with E-state index in [1.807, 2.05) is 0 Å². The topological polar surface area (TPSA) is 78.9 Å². The van der Waals surface area contributed by atoms with E-state index >= 15 is 0 Å². The molecular formula is C22H34F4O6. The first-order chi connectivity index (χ1) is 14.1. The van der Waals surface area contributed by atoms with E-state index in [0.29, 0.717) is 0 Å². The predicted octanol–water partition coefficient (Wildman–Crippen LogP) is 4.95. The zero-order chi connectivity index (χ0) is 25.8. The average Bonchev–Trinajstić information content (AvgIpc) is 2.64. The number of carbonyl (C=O) groups is 3. The maximum Gasteiger partial charge on any atom is 0.377 e. The van der Waals surface area contributed by atoms with Gasteiger partial charge in [-0.2, -0.15) is 17.6 Å². The zero-order valence-corrected chi connectivity index (χ0v) is 20.0. The molecule has 0 bridgehead atoms. The molecule has 0 saturated heterocycles. The van der Waals surface area contributed by atoms with Crippen LogP contribution >= 0.6 is 0 Å². The Balaban J connectivity index is 5.70. The van der Waals surface area contributed by atoms with Crippen molar-refractivity contribution in [2.45, 2.75) is 73.7 Å². The molecule has 0 aromatic carbocycles.